The summed E-state index contributed by atoms with van der Waals surface area (Å²) in [5.41, 5.74) is 3.15. The van der Waals surface area contributed by atoms with Crippen LogP contribution in [0.15, 0.2) is 82.2 Å². The SMILES string of the molecule is CC[C@@H](C(=O)NC)N(Cc1cccc(C)c1)C(=O)CN(c1ccc(Br)cc1)S(=O)(=O)c1ccc(C)cc1. The number of carbonyl (C=O) groups excluding carboxylic acids is 2. The van der Waals surface area contributed by atoms with Crippen LogP contribution >= 0.6 is 15.9 Å². The first kappa shape index (κ1) is 28.4. The molecular weight excluding hydrogens is 554 g/mol. The Labute approximate surface area is 227 Å². The van der Waals surface area contributed by atoms with E-state index in [1.807, 2.05) is 45.0 Å². The average molecular weight is 587 g/mol. The first-order chi connectivity index (χ1) is 17.6. The molecule has 0 heterocycles. The van der Waals surface area contributed by atoms with Crippen molar-refractivity contribution in [1.82, 2.24) is 10.2 Å². The van der Waals surface area contributed by atoms with E-state index in [1.165, 1.54) is 24.1 Å². The summed E-state index contributed by atoms with van der Waals surface area (Å²) in [7, 11) is -2.56. The van der Waals surface area contributed by atoms with Gasteiger partial charge < -0.3 is 10.2 Å². The van der Waals surface area contributed by atoms with Crippen LogP contribution in [-0.4, -0.2) is 44.8 Å². The molecule has 0 bridgehead atoms. The number of nitrogens with zero attached hydrogens (tertiary/aromatic N) is 2. The maximum Gasteiger partial charge on any atom is 0.264 e. The number of amides is 2. The fraction of sp³-hybridized carbons (Fsp3) is 0.286. The zero-order valence-electron chi connectivity index (χ0n) is 21.4. The lowest BCUT2D eigenvalue weighted by Crippen LogP contribution is -2.51. The summed E-state index contributed by atoms with van der Waals surface area (Å²) in [6.45, 7) is 5.36. The Morgan fingerprint density at radius 3 is 2.16 bits per heavy atom. The monoisotopic (exact) mass is 585 g/mol. The molecule has 0 fully saturated rings. The Morgan fingerprint density at radius 2 is 1.59 bits per heavy atom. The lowest BCUT2D eigenvalue weighted by molar-refractivity contribution is -0.140. The summed E-state index contributed by atoms with van der Waals surface area (Å²) < 4.78 is 29.5. The maximum atomic E-state index is 13.9. The molecule has 3 rings (SSSR count). The van der Waals surface area contributed by atoms with E-state index in [0.717, 1.165) is 25.5 Å². The first-order valence-corrected chi connectivity index (χ1v) is 14.2. The molecule has 7 nitrogen and oxygen atoms in total. The summed E-state index contributed by atoms with van der Waals surface area (Å²) in [5.74, 6) is -0.782. The number of sulfonamides is 1. The molecule has 0 saturated heterocycles. The normalized spacial score (nSPS) is 12.0. The molecule has 0 aliphatic carbocycles. The van der Waals surface area contributed by atoms with Crippen molar-refractivity contribution in [3.05, 3.63) is 94.0 Å². The van der Waals surface area contributed by atoms with Crippen molar-refractivity contribution >= 4 is 43.5 Å². The molecule has 2 amide bonds. The quantitative estimate of drug-likeness (QED) is 0.370. The summed E-state index contributed by atoms with van der Waals surface area (Å²) >= 11 is 3.38. The van der Waals surface area contributed by atoms with E-state index < -0.39 is 28.5 Å². The van der Waals surface area contributed by atoms with Gasteiger partial charge in [-0.05, 0) is 62.2 Å². The van der Waals surface area contributed by atoms with Gasteiger partial charge in [-0.2, -0.15) is 0 Å². The van der Waals surface area contributed by atoms with Gasteiger partial charge in [0, 0.05) is 18.1 Å². The number of likely N-dealkylation sites (N-methyl/N-ethyl adjacent to an activating group) is 1. The number of benzene rings is 3. The summed E-state index contributed by atoms with van der Waals surface area (Å²) in [6.07, 6.45) is 0.375. The molecule has 0 saturated carbocycles. The molecule has 0 aliphatic heterocycles. The molecule has 9 heteroatoms. The minimum Gasteiger partial charge on any atom is -0.357 e. The number of rotatable bonds is 10. The molecule has 0 aromatic heterocycles. The third-order valence-electron chi connectivity index (χ3n) is 6.07. The van der Waals surface area contributed by atoms with Crippen LogP contribution in [-0.2, 0) is 26.2 Å². The highest BCUT2D eigenvalue weighted by molar-refractivity contribution is 9.10. The van der Waals surface area contributed by atoms with Crippen molar-refractivity contribution in [3.8, 4) is 0 Å². The topological polar surface area (TPSA) is 86.8 Å². The third kappa shape index (κ3) is 6.99. The van der Waals surface area contributed by atoms with Gasteiger partial charge in [-0.3, -0.25) is 13.9 Å². The highest BCUT2D eigenvalue weighted by atomic mass is 79.9. The standard InChI is InChI=1S/C28H32BrN3O4S/c1-5-26(28(34)30-4)31(18-22-8-6-7-21(3)17-22)27(33)19-32(24-13-11-23(29)12-14-24)37(35,36)25-15-9-20(2)10-16-25/h6-17,26H,5,18-19H2,1-4H3,(H,30,34)/t26-/m0/s1. The van der Waals surface area contributed by atoms with E-state index in [1.54, 1.807) is 36.4 Å². The van der Waals surface area contributed by atoms with E-state index >= 15 is 0 Å². The van der Waals surface area contributed by atoms with Crippen molar-refractivity contribution in [2.24, 2.45) is 0 Å². The van der Waals surface area contributed by atoms with E-state index in [9.17, 15) is 18.0 Å². The number of carbonyl (C=O) groups is 2. The lowest BCUT2D eigenvalue weighted by Gasteiger charge is -2.33. The van der Waals surface area contributed by atoms with Crippen LogP contribution < -0.4 is 9.62 Å². The minimum atomic E-state index is -4.08. The molecule has 0 spiro atoms. The van der Waals surface area contributed by atoms with E-state index in [2.05, 4.69) is 21.2 Å². The van der Waals surface area contributed by atoms with Crippen LogP contribution in [0.2, 0.25) is 0 Å². The van der Waals surface area contributed by atoms with Gasteiger partial charge in [-0.1, -0.05) is 70.4 Å². The van der Waals surface area contributed by atoms with Gasteiger partial charge >= 0.3 is 0 Å². The van der Waals surface area contributed by atoms with Crippen LogP contribution in [0.3, 0.4) is 0 Å². The third-order valence-corrected chi connectivity index (χ3v) is 8.39. The maximum absolute atomic E-state index is 13.9. The van der Waals surface area contributed by atoms with Crippen LogP contribution in [0.4, 0.5) is 5.69 Å². The molecule has 0 unspecified atom stereocenters. The van der Waals surface area contributed by atoms with Crippen molar-refractivity contribution in [2.75, 3.05) is 17.9 Å². The van der Waals surface area contributed by atoms with Crippen molar-refractivity contribution in [1.29, 1.82) is 0 Å². The van der Waals surface area contributed by atoms with Gasteiger partial charge in [-0.15, -0.1) is 0 Å². The van der Waals surface area contributed by atoms with Gasteiger partial charge in [-0.25, -0.2) is 8.42 Å². The molecule has 37 heavy (non-hydrogen) atoms. The molecule has 3 aromatic carbocycles. The number of hydrogen-bond donors (Lipinski definition) is 1. The van der Waals surface area contributed by atoms with Crippen molar-refractivity contribution in [3.63, 3.8) is 0 Å². The molecule has 1 N–H and O–H groups in total. The summed E-state index contributed by atoms with van der Waals surface area (Å²) in [5, 5.41) is 2.63. The Hall–Kier alpha value is -3.17. The van der Waals surface area contributed by atoms with Gasteiger partial charge in [0.05, 0.1) is 10.6 Å². The number of halogens is 1. The zero-order chi connectivity index (χ0) is 27.2. The average Bonchev–Trinajstić information content (AvgIpc) is 2.87. The second-order valence-electron chi connectivity index (χ2n) is 8.85. The van der Waals surface area contributed by atoms with Gasteiger partial charge in [0.1, 0.15) is 12.6 Å². The van der Waals surface area contributed by atoms with Crippen LogP contribution in [0.5, 0.6) is 0 Å². The molecule has 3 aromatic rings. The Kier molecular flexibility index (Phi) is 9.50. The van der Waals surface area contributed by atoms with E-state index in [-0.39, 0.29) is 17.3 Å². The fourth-order valence-corrected chi connectivity index (χ4v) is 5.75. The molecule has 196 valence electrons. The molecule has 1 atom stereocenters. The number of hydrogen-bond acceptors (Lipinski definition) is 4. The summed E-state index contributed by atoms with van der Waals surface area (Å²) in [4.78, 5) is 28.2. The predicted molar refractivity (Wildman–Crippen MR) is 150 cm³/mol. The highest BCUT2D eigenvalue weighted by Crippen LogP contribution is 2.26. The minimum absolute atomic E-state index is 0.0809. The van der Waals surface area contributed by atoms with Gasteiger partial charge in [0.25, 0.3) is 10.0 Å². The number of anilines is 1. The van der Waals surface area contributed by atoms with Crippen molar-refractivity contribution in [2.45, 2.75) is 44.7 Å². The fourth-order valence-electron chi connectivity index (χ4n) is 4.07. The van der Waals surface area contributed by atoms with E-state index in [4.69, 9.17) is 0 Å². The van der Waals surface area contributed by atoms with Crippen molar-refractivity contribution < 1.29 is 18.0 Å². The number of aryl methyl sites for hydroxylation is 2. The number of nitrogens with one attached hydrogen (secondary N) is 1. The summed E-state index contributed by atoms with van der Waals surface area (Å²) in [6, 6.07) is 20.2. The molecule has 0 radical (unpaired) electrons. The smallest absolute Gasteiger partial charge is 0.264 e. The van der Waals surface area contributed by atoms with Crippen LogP contribution in [0.1, 0.15) is 30.0 Å². The van der Waals surface area contributed by atoms with E-state index in [0.29, 0.717) is 12.1 Å². The Bertz CT molecular complexity index is 1340. The second-order valence-corrected chi connectivity index (χ2v) is 11.6. The first-order valence-electron chi connectivity index (χ1n) is 12.0. The Balaban J connectivity index is 2.05. The molecular formula is C28H32BrN3O4S. The van der Waals surface area contributed by atoms with Crippen LogP contribution in [0, 0.1) is 13.8 Å². The predicted octanol–water partition coefficient (Wildman–Crippen LogP) is 4.81. The molecule has 0 aliphatic rings. The van der Waals surface area contributed by atoms with Gasteiger partial charge in [0.2, 0.25) is 11.8 Å². The largest absolute Gasteiger partial charge is 0.357 e. The second kappa shape index (κ2) is 12.4. The van der Waals surface area contributed by atoms with Crippen LogP contribution in [0.25, 0.3) is 0 Å². The lowest BCUT2D eigenvalue weighted by atomic mass is 10.1. The highest BCUT2D eigenvalue weighted by Gasteiger charge is 2.33. The zero-order valence-corrected chi connectivity index (χ0v) is 23.8. The van der Waals surface area contributed by atoms with Gasteiger partial charge in [0.15, 0.2) is 0 Å². The Morgan fingerprint density at radius 1 is 0.946 bits per heavy atom.